The van der Waals surface area contributed by atoms with Crippen molar-refractivity contribution in [1.29, 1.82) is 0 Å². The van der Waals surface area contributed by atoms with Gasteiger partial charge in [0.05, 0.1) is 5.69 Å². The molecule has 0 aromatic heterocycles. The van der Waals surface area contributed by atoms with Crippen molar-refractivity contribution in [3.63, 3.8) is 0 Å². The summed E-state index contributed by atoms with van der Waals surface area (Å²) in [5.41, 5.74) is 2.14. The number of nitrogens with one attached hydrogen (secondary N) is 1. The van der Waals surface area contributed by atoms with E-state index in [4.69, 9.17) is 4.74 Å². The summed E-state index contributed by atoms with van der Waals surface area (Å²) in [6.45, 7) is 9.22. The van der Waals surface area contributed by atoms with Crippen LogP contribution in [0.5, 0.6) is 5.75 Å². The second kappa shape index (κ2) is 6.75. The minimum Gasteiger partial charge on any atom is -0.482 e. The molecule has 2 rings (SSSR count). The summed E-state index contributed by atoms with van der Waals surface area (Å²) in [5.74, 6) is 1.51. The smallest absolute Gasteiger partial charge is 0.265 e. The average molecular weight is 276 g/mol. The highest BCUT2D eigenvalue weighted by Gasteiger charge is 2.24. The normalized spacial score (nSPS) is 14.4. The molecule has 0 aliphatic carbocycles. The molecule has 1 heterocycles. The molecule has 0 saturated heterocycles. The minimum atomic E-state index is 0.0371. The Kier molecular flexibility index (Phi) is 5.01. The molecule has 0 radical (unpaired) electrons. The molecule has 4 nitrogen and oxygen atoms in total. The number of rotatable bonds is 6. The number of hydrogen-bond donors (Lipinski definition) is 1. The van der Waals surface area contributed by atoms with Crippen LogP contribution in [0.2, 0.25) is 0 Å². The van der Waals surface area contributed by atoms with Crippen molar-refractivity contribution in [2.45, 2.75) is 27.2 Å². The molecule has 0 bridgehead atoms. The van der Waals surface area contributed by atoms with Gasteiger partial charge in [0.1, 0.15) is 5.75 Å². The Hall–Kier alpha value is -1.55. The zero-order valence-electron chi connectivity index (χ0n) is 12.6. The summed E-state index contributed by atoms with van der Waals surface area (Å²) >= 11 is 0. The second-order valence-corrected chi connectivity index (χ2v) is 5.58. The molecule has 1 amide bonds. The molecule has 0 atom stereocenters. The zero-order chi connectivity index (χ0) is 14.5. The lowest BCUT2D eigenvalue weighted by atomic mass is 10.1. The van der Waals surface area contributed by atoms with Crippen LogP contribution >= 0.6 is 0 Å². The van der Waals surface area contributed by atoms with E-state index < -0.39 is 0 Å². The number of carbonyl (C=O) groups excluding carboxylic acids is 1. The van der Waals surface area contributed by atoms with Gasteiger partial charge in [-0.2, -0.15) is 0 Å². The average Bonchev–Trinajstić information content (AvgIpc) is 2.43. The molecule has 1 aliphatic heterocycles. The van der Waals surface area contributed by atoms with Gasteiger partial charge in [-0.3, -0.25) is 4.79 Å². The highest BCUT2D eigenvalue weighted by Crippen LogP contribution is 2.32. The number of ether oxygens (including phenoxy) is 1. The SMILES string of the molecule is CCN1C(=O)COc2ccc(CCNCC(C)C)cc21. The number of hydrogen-bond acceptors (Lipinski definition) is 3. The van der Waals surface area contributed by atoms with Crippen molar-refractivity contribution in [1.82, 2.24) is 5.32 Å². The first-order valence-corrected chi connectivity index (χ1v) is 7.38. The van der Waals surface area contributed by atoms with Crippen LogP contribution in [-0.2, 0) is 11.2 Å². The Morgan fingerprint density at radius 2 is 2.20 bits per heavy atom. The van der Waals surface area contributed by atoms with Gasteiger partial charge in [-0.05, 0) is 50.0 Å². The van der Waals surface area contributed by atoms with Crippen LogP contribution in [0.15, 0.2) is 18.2 Å². The molecule has 1 N–H and O–H groups in total. The van der Waals surface area contributed by atoms with E-state index in [2.05, 4.69) is 31.3 Å². The van der Waals surface area contributed by atoms with Gasteiger partial charge < -0.3 is 15.0 Å². The highest BCUT2D eigenvalue weighted by molar-refractivity contribution is 5.97. The Balaban J connectivity index is 2.02. The Labute approximate surface area is 121 Å². The summed E-state index contributed by atoms with van der Waals surface area (Å²) in [6, 6.07) is 6.13. The standard InChI is InChI=1S/C16H24N2O2/c1-4-18-14-9-13(7-8-17-10-12(2)3)5-6-15(14)20-11-16(18)19/h5-6,9,12,17H,4,7-8,10-11H2,1-3H3. The van der Waals surface area contributed by atoms with E-state index in [0.717, 1.165) is 30.9 Å². The van der Waals surface area contributed by atoms with E-state index in [1.54, 1.807) is 4.90 Å². The van der Waals surface area contributed by atoms with E-state index in [9.17, 15) is 4.79 Å². The van der Waals surface area contributed by atoms with Gasteiger partial charge in [0.25, 0.3) is 5.91 Å². The van der Waals surface area contributed by atoms with Crippen molar-refractivity contribution in [2.75, 3.05) is 31.1 Å². The van der Waals surface area contributed by atoms with E-state index in [1.165, 1.54) is 5.56 Å². The van der Waals surface area contributed by atoms with Crippen LogP contribution in [-0.4, -0.2) is 32.1 Å². The molecule has 110 valence electrons. The van der Waals surface area contributed by atoms with E-state index in [-0.39, 0.29) is 12.5 Å². The highest BCUT2D eigenvalue weighted by atomic mass is 16.5. The zero-order valence-corrected chi connectivity index (χ0v) is 12.6. The minimum absolute atomic E-state index is 0.0371. The number of carbonyl (C=O) groups is 1. The summed E-state index contributed by atoms with van der Waals surface area (Å²) in [7, 11) is 0. The maximum Gasteiger partial charge on any atom is 0.265 e. The molecule has 0 saturated carbocycles. The summed E-state index contributed by atoms with van der Waals surface area (Å²) in [6.07, 6.45) is 0.964. The van der Waals surface area contributed by atoms with Gasteiger partial charge in [0, 0.05) is 6.54 Å². The van der Waals surface area contributed by atoms with E-state index >= 15 is 0 Å². The summed E-state index contributed by atoms with van der Waals surface area (Å²) in [5, 5.41) is 3.44. The second-order valence-electron chi connectivity index (χ2n) is 5.58. The molecule has 1 aliphatic rings. The third kappa shape index (κ3) is 3.51. The number of likely N-dealkylation sites (N-methyl/N-ethyl adjacent to an activating group) is 1. The fourth-order valence-electron chi connectivity index (χ4n) is 2.37. The monoisotopic (exact) mass is 276 g/mol. The Morgan fingerprint density at radius 1 is 1.40 bits per heavy atom. The van der Waals surface area contributed by atoms with Gasteiger partial charge in [0.15, 0.2) is 6.61 Å². The molecular formula is C16H24N2O2. The van der Waals surface area contributed by atoms with Crippen LogP contribution in [0.3, 0.4) is 0 Å². The maximum absolute atomic E-state index is 11.8. The van der Waals surface area contributed by atoms with Crippen LogP contribution in [0.25, 0.3) is 0 Å². The Morgan fingerprint density at radius 3 is 2.90 bits per heavy atom. The van der Waals surface area contributed by atoms with Crippen LogP contribution in [0, 0.1) is 5.92 Å². The molecule has 4 heteroatoms. The number of benzene rings is 1. The molecule has 1 aromatic carbocycles. The third-order valence-electron chi connectivity index (χ3n) is 3.43. The predicted molar refractivity (Wildman–Crippen MR) is 81.4 cm³/mol. The maximum atomic E-state index is 11.8. The first kappa shape index (κ1) is 14.9. The largest absolute Gasteiger partial charge is 0.482 e. The molecule has 20 heavy (non-hydrogen) atoms. The lowest BCUT2D eigenvalue weighted by molar-refractivity contribution is -0.121. The van der Waals surface area contributed by atoms with E-state index in [0.29, 0.717) is 12.5 Å². The van der Waals surface area contributed by atoms with Crippen LogP contribution < -0.4 is 15.0 Å². The lowest BCUT2D eigenvalue weighted by Gasteiger charge is -2.28. The number of nitrogens with zero attached hydrogens (tertiary/aromatic N) is 1. The van der Waals surface area contributed by atoms with Gasteiger partial charge >= 0.3 is 0 Å². The molecular weight excluding hydrogens is 252 g/mol. The summed E-state index contributed by atoms with van der Waals surface area (Å²) in [4.78, 5) is 13.6. The van der Waals surface area contributed by atoms with Crippen molar-refractivity contribution in [3.05, 3.63) is 23.8 Å². The van der Waals surface area contributed by atoms with Gasteiger partial charge in [-0.1, -0.05) is 19.9 Å². The fraction of sp³-hybridized carbons (Fsp3) is 0.562. The van der Waals surface area contributed by atoms with Crippen LogP contribution in [0.4, 0.5) is 5.69 Å². The molecule has 0 spiro atoms. The third-order valence-corrected chi connectivity index (χ3v) is 3.43. The van der Waals surface area contributed by atoms with Gasteiger partial charge in [0.2, 0.25) is 0 Å². The lowest BCUT2D eigenvalue weighted by Crippen LogP contribution is -2.38. The van der Waals surface area contributed by atoms with E-state index in [1.807, 2.05) is 13.0 Å². The molecule has 0 unspecified atom stereocenters. The molecule has 1 aromatic rings. The number of anilines is 1. The topological polar surface area (TPSA) is 41.6 Å². The van der Waals surface area contributed by atoms with Crippen LogP contribution in [0.1, 0.15) is 26.3 Å². The van der Waals surface area contributed by atoms with Gasteiger partial charge in [-0.25, -0.2) is 0 Å². The van der Waals surface area contributed by atoms with Crippen molar-refractivity contribution < 1.29 is 9.53 Å². The summed E-state index contributed by atoms with van der Waals surface area (Å²) < 4.78 is 5.47. The van der Waals surface area contributed by atoms with Crippen molar-refractivity contribution in [3.8, 4) is 5.75 Å². The first-order chi connectivity index (χ1) is 9.61. The first-order valence-electron chi connectivity index (χ1n) is 7.38. The number of fused-ring (bicyclic) bond motifs is 1. The quantitative estimate of drug-likeness (QED) is 0.810. The fourth-order valence-corrected chi connectivity index (χ4v) is 2.37. The van der Waals surface area contributed by atoms with Gasteiger partial charge in [-0.15, -0.1) is 0 Å². The predicted octanol–water partition coefficient (Wildman–Crippen LogP) is 2.22. The van der Waals surface area contributed by atoms with Crippen molar-refractivity contribution in [2.24, 2.45) is 5.92 Å². The Bertz CT molecular complexity index is 472. The molecule has 0 fully saturated rings. The number of amides is 1. The van der Waals surface area contributed by atoms with Crippen molar-refractivity contribution >= 4 is 11.6 Å².